The molecule has 0 fully saturated rings. The fourth-order valence-corrected chi connectivity index (χ4v) is 4.56. The number of thioether (sulfide) groups is 1. The van der Waals surface area contributed by atoms with Crippen LogP contribution in [0.25, 0.3) is 22.2 Å². The van der Waals surface area contributed by atoms with E-state index in [1.807, 2.05) is 24.3 Å². The Morgan fingerprint density at radius 1 is 0.966 bits per heavy atom. The average Bonchev–Trinajstić information content (AvgIpc) is 3.15. The van der Waals surface area contributed by atoms with Gasteiger partial charge in [0.2, 0.25) is 0 Å². The van der Waals surface area contributed by atoms with E-state index in [1.54, 1.807) is 18.9 Å². The van der Waals surface area contributed by atoms with Crippen molar-refractivity contribution in [2.24, 2.45) is 0 Å². The molecule has 0 atom stereocenters. The summed E-state index contributed by atoms with van der Waals surface area (Å²) >= 11 is 8.13. The van der Waals surface area contributed by atoms with Crippen LogP contribution in [0.1, 0.15) is 12.0 Å². The largest absolute Gasteiger partial charge is 0.385 e. The van der Waals surface area contributed by atoms with Gasteiger partial charge in [0, 0.05) is 31.6 Å². The molecule has 0 amide bonds. The first-order valence-corrected chi connectivity index (χ1v) is 10.9. The van der Waals surface area contributed by atoms with Gasteiger partial charge in [0.15, 0.2) is 11.0 Å². The van der Waals surface area contributed by atoms with E-state index in [2.05, 4.69) is 57.2 Å². The Balaban J connectivity index is 1.63. The van der Waals surface area contributed by atoms with Gasteiger partial charge in [-0.1, -0.05) is 78.0 Å². The van der Waals surface area contributed by atoms with E-state index in [0.29, 0.717) is 11.6 Å². The van der Waals surface area contributed by atoms with Crippen molar-refractivity contribution in [3.05, 3.63) is 77.3 Å². The molecule has 0 saturated carbocycles. The highest BCUT2D eigenvalue weighted by Gasteiger charge is 2.16. The lowest BCUT2D eigenvalue weighted by Crippen LogP contribution is -2.05. The molecule has 0 saturated heterocycles. The fraction of sp³-hybridized carbons (Fsp3) is 0.217. The zero-order valence-electron chi connectivity index (χ0n) is 16.2. The van der Waals surface area contributed by atoms with Gasteiger partial charge in [-0.05, 0) is 34.9 Å². The smallest absolute Gasteiger partial charge is 0.191 e. The van der Waals surface area contributed by atoms with E-state index in [-0.39, 0.29) is 0 Å². The fourth-order valence-electron chi connectivity index (χ4n) is 3.37. The van der Waals surface area contributed by atoms with Crippen LogP contribution in [0.15, 0.2) is 71.9 Å². The Kier molecular flexibility index (Phi) is 6.49. The molecule has 0 bridgehead atoms. The van der Waals surface area contributed by atoms with Crippen LogP contribution in [0, 0.1) is 0 Å². The van der Waals surface area contributed by atoms with Crippen molar-refractivity contribution in [2.75, 3.05) is 13.7 Å². The minimum Gasteiger partial charge on any atom is -0.385 e. The van der Waals surface area contributed by atoms with Gasteiger partial charge in [-0.3, -0.25) is 0 Å². The van der Waals surface area contributed by atoms with E-state index < -0.39 is 0 Å². The molecule has 3 aromatic carbocycles. The maximum Gasteiger partial charge on any atom is 0.191 e. The van der Waals surface area contributed by atoms with Crippen molar-refractivity contribution >= 4 is 34.1 Å². The van der Waals surface area contributed by atoms with E-state index in [9.17, 15) is 0 Å². The molecular weight excluding hydrogens is 402 g/mol. The molecule has 0 unspecified atom stereocenters. The lowest BCUT2D eigenvalue weighted by atomic mass is 10.1. The van der Waals surface area contributed by atoms with Crippen LogP contribution in [-0.2, 0) is 17.0 Å². The molecule has 4 rings (SSSR count). The standard InChI is InChI=1S/C23H22ClN3OS/c1-28-15-7-14-27-22(20-12-4-5-13-21(20)24)25-26-23(27)29-16-18-10-6-9-17-8-2-3-11-19(17)18/h2-6,8-13H,7,14-16H2,1H3. The second-order valence-corrected chi connectivity index (χ2v) is 8.06. The summed E-state index contributed by atoms with van der Waals surface area (Å²) in [7, 11) is 1.72. The lowest BCUT2D eigenvalue weighted by Gasteiger charge is -2.11. The van der Waals surface area contributed by atoms with Crippen molar-refractivity contribution in [3.63, 3.8) is 0 Å². The van der Waals surface area contributed by atoms with Crippen molar-refractivity contribution in [3.8, 4) is 11.4 Å². The molecule has 29 heavy (non-hydrogen) atoms. The predicted octanol–water partition coefficient (Wildman–Crippen LogP) is 6.08. The van der Waals surface area contributed by atoms with Gasteiger partial charge in [0.05, 0.1) is 5.02 Å². The summed E-state index contributed by atoms with van der Waals surface area (Å²) in [6.45, 7) is 1.47. The normalized spacial score (nSPS) is 11.2. The summed E-state index contributed by atoms with van der Waals surface area (Å²) in [6.07, 6.45) is 0.883. The molecule has 0 N–H and O–H groups in total. The van der Waals surface area contributed by atoms with Gasteiger partial charge in [-0.25, -0.2) is 0 Å². The first-order valence-electron chi connectivity index (χ1n) is 9.54. The van der Waals surface area contributed by atoms with Gasteiger partial charge in [-0.2, -0.15) is 0 Å². The monoisotopic (exact) mass is 423 g/mol. The first-order chi connectivity index (χ1) is 14.3. The summed E-state index contributed by atoms with van der Waals surface area (Å²) in [5.41, 5.74) is 2.19. The molecule has 0 aliphatic rings. The minimum atomic E-state index is 0.679. The number of methoxy groups -OCH3 is 1. The Bertz CT molecular complexity index is 1110. The highest BCUT2D eigenvalue weighted by atomic mass is 35.5. The molecule has 4 nitrogen and oxygen atoms in total. The van der Waals surface area contributed by atoms with Crippen molar-refractivity contribution in [2.45, 2.75) is 23.9 Å². The number of rotatable bonds is 8. The number of fused-ring (bicyclic) bond motifs is 1. The topological polar surface area (TPSA) is 39.9 Å². The summed E-state index contributed by atoms with van der Waals surface area (Å²) < 4.78 is 7.39. The Hall–Kier alpha value is -2.34. The maximum atomic E-state index is 6.43. The predicted molar refractivity (Wildman–Crippen MR) is 120 cm³/mol. The summed E-state index contributed by atoms with van der Waals surface area (Å²) in [6, 6.07) is 22.7. The molecule has 148 valence electrons. The lowest BCUT2D eigenvalue weighted by molar-refractivity contribution is 0.189. The number of nitrogens with zero attached hydrogens (tertiary/aromatic N) is 3. The molecule has 4 aromatic rings. The number of hydrogen-bond acceptors (Lipinski definition) is 4. The number of hydrogen-bond donors (Lipinski definition) is 0. The summed E-state index contributed by atoms with van der Waals surface area (Å²) in [5.74, 6) is 1.62. The third-order valence-electron chi connectivity index (χ3n) is 4.80. The zero-order valence-corrected chi connectivity index (χ0v) is 17.8. The van der Waals surface area contributed by atoms with Crippen LogP contribution in [0.3, 0.4) is 0 Å². The molecule has 1 heterocycles. The zero-order chi connectivity index (χ0) is 20.1. The van der Waals surface area contributed by atoms with Crippen LogP contribution in [0.2, 0.25) is 5.02 Å². The van der Waals surface area contributed by atoms with Gasteiger partial charge >= 0.3 is 0 Å². The Labute approximate surface area is 179 Å². The van der Waals surface area contributed by atoms with Crippen molar-refractivity contribution in [1.82, 2.24) is 14.8 Å². The third kappa shape index (κ3) is 4.47. The van der Waals surface area contributed by atoms with Crippen molar-refractivity contribution < 1.29 is 4.74 Å². The molecule has 0 aliphatic carbocycles. The summed E-state index contributed by atoms with van der Waals surface area (Å²) in [4.78, 5) is 0. The second kappa shape index (κ2) is 9.44. The van der Waals surface area contributed by atoms with Crippen molar-refractivity contribution in [1.29, 1.82) is 0 Å². The quantitative estimate of drug-likeness (QED) is 0.254. The SMILES string of the molecule is COCCCn1c(SCc2cccc3ccccc23)nnc1-c1ccccc1Cl. The van der Waals surface area contributed by atoms with E-state index in [4.69, 9.17) is 16.3 Å². The van der Waals surface area contributed by atoms with Crippen LogP contribution in [0.4, 0.5) is 0 Å². The van der Waals surface area contributed by atoms with Gasteiger partial charge < -0.3 is 9.30 Å². The highest BCUT2D eigenvalue weighted by molar-refractivity contribution is 7.98. The number of halogens is 1. The van der Waals surface area contributed by atoms with E-state index in [1.165, 1.54) is 16.3 Å². The van der Waals surface area contributed by atoms with Crippen LogP contribution in [0.5, 0.6) is 0 Å². The average molecular weight is 424 g/mol. The summed E-state index contributed by atoms with van der Waals surface area (Å²) in [5, 5.41) is 13.1. The van der Waals surface area contributed by atoms with E-state index in [0.717, 1.165) is 35.3 Å². The number of benzene rings is 3. The van der Waals surface area contributed by atoms with Gasteiger partial charge in [0.25, 0.3) is 0 Å². The van der Waals surface area contributed by atoms with Crippen LogP contribution < -0.4 is 0 Å². The van der Waals surface area contributed by atoms with Gasteiger partial charge in [-0.15, -0.1) is 10.2 Å². The third-order valence-corrected chi connectivity index (χ3v) is 6.14. The van der Waals surface area contributed by atoms with Crippen LogP contribution >= 0.6 is 23.4 Å². The molecule has 0 radical (unpaired) electrons. The highest BCUT2D eigenvalue weighted by Crippen LogP contribution is 2.31. The minimum absolute atomic E-state index is 0.679. The van der Waals surface area contributed by atoms with Crippen LogP contribution in [-0.4, -0.2) is 28.5 Å². The van der Waals surface area contributed by atoms with Gasteiger partial charge in [0.1, 0.15) is 0 Å². The molecular formula is C23H22ClN3OS. The molecule has 0 aliphatic heterocycles. The molecule has 6 heteroatoms. The van der Waals surface area contributed by atoms with E-state index >= 15 is 0 Å². The molecule has 1 aromatic heterocycles. The maximum absolute atomic E-state index is 6.43. The molecule has 0 spiro atoms. The Morgan fingerprint density at radius 2 is 1.76 bits per heavy atom. The number of ether oxygens (including phenoxy) is 1. The Morgan fingerprint density at radius 3 is 2.62 bits per heavy atom. The number of aromatic nitrogens is 3. The second-order valence-electron chi connectivity index (χ2n) is 6.71. The first kappa shape index (κ1) is 20.0.